The molecule has 17 heavy (non-hydrogen) atoms. The van der Waals surface area contributed by atoms with Crippen molar-refractivity contribution in [3.05, 3.63) is 23.3 Å². The fourth-order valence-electron chi connectivity index (χ4n) is 2.59. The first-order valence-corrected chi connectivity index (χ1v) is 6.28. The Morgan fingerprint density at radius 2 is 1.94 bits per heavy atom. The summed E-state index contributed by atoms with van der Waals surface area (Å²) in [4.78, 5) is 0. The monoisotopic (exact) mass is 235 g/mol. The minimum absolute atomic E-state index is 0.462. The topological polar surface area (TPSA) is 30.5 Å². The highest BCUT2D eigenvalue weighted by Gasteiger charge is 2.21. The minimum Gasteiger partial charge on any atom is -0.493 e. The van der Waals surface area contributed by atoms with E-state index in [4.69, 9.17) is 9.47 Å². The molecule has 0 aromatic heterocycles. The van der Waals surface area contributed by atoms with Gasteiger partial charge in [0.15, 0.2) is 11.5 Å². The van der Waals surface area contributed by atoms with E-state index in [0.717, 1.165) is 24.5 Å². The first-order chi connectivity index (χ1) is 8.30. The van der Waals surface area contributed by atoms with Crippen molar-refractivity contribution in [1.29, 1.82) is 0 Å². The standard InChI is InChI=1S/C14H21NO2/c1-4-15-12-7-5-6-10-8-13(16-2)14(17-3)9-11(10)12/h8-9,12,15H,4-7H2,1-3H3. The third-order valence-electron chi connectivity index (χ3n) is 3.41. The summed E-state index contributed by atoms with van der Waals surface area (Å²) in [6.45, 7) is 3.15. The molecule has 0 spiro atoms. The van der Waals surface area contributed by atoms with Crippen molar-refractivity contribution in [3.63, 3.8) is 0 Å². The summed E-state index contributed by atoms with van der Waals surface area (Å²) < 4.78 is 10.7. The molecular weight excluding hydrogens is 214 g/mol. The van der Waals surface area contributed by atoms with Crippen LogP contribution in [0.5, 0.6) is 11.5 Å². The fraction of sp³-hybridized carbons (Fsp3) is 0.571. The van der Waals surface area contributed by atoms with Gasteiger partial charge in [0.2, 0.25) is 0 Å². The summed E-state index contributed by atoms with van der Waals surface area (Å²) >= 11 is 0. The third-order valence-corrected chi connectivity index (χ3v) is 3.41. The van der Waals surface area contributed by atoms with Crippen LogP contribution < -0.4 is 14.8 Å². The smallest absolute Gasteiger partial charge is 0.161 e. The molecule has 0 fully saturated rings. The van der Waals surface area contributed by atoms with Crippen LogP contribution in [0, 0.1) is 0 Å². The Kier molecular flexibility index (Phi) is 3.89. The van der Waals surface area contributed by atoms with Gasteiger partial charge in [-0.2, -0.15) is 0 Å². The molecule has 1 N–H and O–H groups in total. The van der Waals surface area contributed by atoms with E-state index in [2.05, 4.69) is 24.4 Å². The zero-order valence-corrected chi connectivity index (χ0v) is 10.9. The second-order valence-corrected chi connectivity index (χ2v) is 4.41. The Morgan fingerprint density at radius 1 is 1.24 bits per heavy atom. The molecule has 3 heteroatoms. The van der Waals surface area contributed by atoms with Crippen LogP contribution in [0.1, 0.15) is 36.9 Å². The predicted molar refractivity (Wildman–Crippen MR) is 68.9 cm³/mol. The van der Waals surface area contributed by atoms with Crippen LogP contribution in [0.3, 0.4) is 0 Å². The molecule has 0 saturated heterocycles. The zero-order chi connectivity index (χ0) is 12.3. The molecule has 94 valence electrons. The number of hydrogen-bond donors (Lipinski definition) is 1. The Morgan fingerprint density at radius 3 is 2.59 bits per heavy atom. The highest BCUT2D eigenvalue weighted by atomic mass is 16.5. The van der Waals surface area contributed by atoms with Gasteiger partial charge in [0.05, 0.1) is 14.2 Å². The van der Waals surface area contributed by atoms with E-state index in [0.29, 0.717) is 6.04 Å². The molecular formula is C14H21NO2. The summed E-state index contributed by atoms with van der Waals surface area (Å²) in [5, 5.41) is 3.53. The van der Waals surface area contributed by atoms with E-state index in [1.807, 2.05) is 0 Å². The van der Waals surface area contributed by atoms with Crippen LogP contribution in [0.2, 0.25) is 0 Å². The molecule has 1 aliphatic rings. The fourth-order valence-corrected chi connectivity index (χ4v) is 2.59. The van der Waals surface area contributed by atoms with Crippen LogP contribution in [-0.2, 0) is 6.42 Å². The maximum absolute atomic E-state index is 5.38. The van der Waals surface area contributed by atoms with Crippen molar-refractivity contribution in [2.75, 3.05) is 20.8 Å². The van der Waals surface area contributed by atoms with Crippen LogP contribution in [0.25, 0.3) is 0 Å². The Balaban J connectivity index is 2.39. The van der Waals surface area contributed by atoms with E-state index >= 15 is 0 Å². The normalized spacial score (nSPS) is 18.6. The molecule has 1 aliphatic carbocycles. The van der Waals surface area contributed by atoms with E-state index in [-0.39, 0.29) is 0 Å². The predicted octanol–water partition coefficient (Wildman–Crippen LogP) is 2.69. The van der Waals surface area contributed by atoms with Crippen molar-refractivity contribution in [2.45, 2.75) is 32.2 Å². The van der Waals surface area contributed by atoms with Gasteiger partial charge < -0.3 is 14.8 Å². The Hall–Kier alpha value is -1.22. The van der Waals surface area contributed by atoms with Crippen LogP contribution in [0.4, 0.5) is 0 Å². The number of ether oxygens (including phenoxy) is 2. The molecule has 0 bridgehead atoms. The van der Waals surface area contributed by atoms with E-state index in [9.17, 15) is 0 Å². The summed E-state index contributed by atoms with van der Waals surface area (Å²) in [6.07, 6.45) is 3.58. The number of rotatable bonds is 4. The van der Waals surface area contributed by atoms with Crippen LogP contribution in [-0.4, -0.2) is 20.8 Å². The number of hydrogen-bond acceptors (Lipinski definition) is 3. The summed E-state index contributed by atoms with van der Waals surface area (Å²) in [5.74, 6) is 1.67. The van der Waals surface area contributed by atoms with Gasteiger partial charge in [0.1, 0.15) is 0 Å². The number of fused-ring (bicyclic) bond motifs is 1. The average molecular weight is 235 g/mol. The van der Waals surface area contributed by atoms with Crippen molar-refractivity contribution >= 4 is 0 Å². The second-order valence-electron chi connectivity index (χ2n) is 4.41. The minimum atomic E-state index is 0.462. The van der Waals surface area contributed by atoms with Gasteiger partial charge in [0, 0.05) is 6.04 Å². The highest BCUT2D eigenvalue weighted by Crippen LogP contribution is 2.37. The van der Waals surface area contributed by atoms with Gasteiger partial charge in [-0.1, -0.05) is 6.92 Å². The Labute approximate surface area is 103 Å². The maximum Gasteiger partial charge on any atom is 0.161 e. The number of aryl methyl sites for hydroxylation is 1. The molecule has 0 aliphatic heterocycles. The van der Waals surface area contributed by atoms with Crippen LogP contribution in [0.15, 0.2) is 12.1 Å². The number of benzene rings is 1. The van der Waals surface area contributed by atoms with Crippen LogP contribution >= 0.6 is 0 Å². The maximum atomic E-state index is 5.38. The summed E-state index contributed by atoms with van der Waals surface area (Å²) in [7, 11) is 3.38. The van der Waals surface area contributed by atoms with Crippen molar-refractivity contribution in [1.82, 2.24) is 5.32 Å². The lowest BCUT2D eigenvalue weighted by Gasteiger charge is -2.27. The first-order valence-electron chi connectivity index (χ1n) is 6.28. The lowest BCUT2D eigenvalue weighted by atomic mass is 9.87. The van der Waals surface area contributed by atoms with Gasteiger partial charge >= 0.3 is 0 Å². The molecule has 0 radical (unpaired) electrons. The molecule has 0 amide bonds. The quantitative estimate of drug-likeness (QED) is 0.870. The third kappa shape index (κ3) is 2.39. The van der Waals surface area contributed by atoms with E-state index in [1.54, 1.807) is 14.2 Å². The highest BCUT2D eigenvalue weighted by molar-refractivity contribution is 5.49. The largest absolute Gasteiger partial charge is 0.493 e. The summed E-state index contributed by atoms with van der Waals surface area (Å²) in [5.41, 5.74) is 2.76. The van der Waals surface area contributed by atoms with E-state index in [1.165, 1.54) is 24.0 Å². The van der Waals surface area contributed by atoms with Crippen molar-refractivity contribution < 1.29 is 9.47 Å². The second kappa shape index (κ2) is 5.41. The van der Waals surface area contributed by atoms with Gasteiger partial charge in [-0.15, -0.1) is 0 Å². The Bertz CT molecular complexity index is 390. The average Bonchev–Trinajstić information content (AvgIpc) is 2.38. The zero-order valence-electron chi connectivity index (χ0n) is 10.9. The lowest BCUT2D eigenvalue weighted by molar-refractivity contribution is 0.351. The molecule has 0 saturated carbocycles. The molecule has 3 nitrogen and oxygen atoms in total. The molecule has 2 rings (SSSR count). The van der Waals surface area contributed by atoms with Crippen molar-refractivity contribution in [3.8, 4) is 11.5 Å². The lowest BCUT2D eigenvalue weighted by Crippen LogP contribution is -2.25. The van der Waals surface area contributed by atoms with Gasteiger partial charge in [-0.3, -0.25) is 0 Å². The van der Waals surface area contributed by atoms with Crippen molar-refractivity contribution in [2.24, 2.45) is 0 Å². The molecule has 0 heterocycles. The number of nitrogens with one attached hydrogen (secondary N) is 1. The molecule has 1 aromatic carbocycles. The van der Waals surface area contributed by atoms with Gasteiger partial charge in [-0.05, 0) is 49.1 Å². The molecule has 1 unspecified atom stereocenters. The summed E-state index contributed by atoms with van der Waals surface area (Å²) in [6, 6.07) is 4.71. The van der Waals surface area contributed by atoms with E-state index < -0.39 is 0 Å². The van der Waals surface area contributed by atoms with Gasteiger partial charge in [0.25, 0.3) is 0 Å². The molecule has 1 atom stereocenters. The first kappa shape index (κ1) is 12.2. The number of methoxy groups -OCH3 is 2. The van der Waals surface area contributed by atoms with Gasteiger partial charge in [-0.25, -0.2) is 0 Å². The SMILES string of the molecule is CCNC1CCCc2cc(OC)c(OC)cc21. The molecule has 1 aromatic rings.